The van der Waals surface area contributed by atoms with Crippen molar-refractivity contribution in [3.05, 3.63) is 23.8 Å². The van der Waals surface area contributed by atoms with E-state index < -0.39 is 4.75 Å². The fraction of sp³-hybridized carbons (Fsp3) is 0.333. The van der Waals surface area contributed by atoms with Crippen molar-refractivity contribution in [3.8, 4) is 12.3 Å². The van der Waals surface area contributed by atoms with E-state index in [-0.39, 0.29) is 18.2 Å². The highest BCUT2D eigenvalue weighted by Gasteiger charge is 2.39. The molecule has 0 atom stereocenters. The number of benzene rings is 1. The standard InChI is InChI=1S/C15H15NO2S/c1-5-8-16-12-9-11(10(2)17)6-7-13(12)19-15(3,4)14(16)18/h1,6-7,9H,8H2,2-4H3. The molecule has 3 nitrogen and oxygen atoms in total. The Labute approximate surface area is 117 Å². The highest BCUT2D eigenvalue weighted by Crippen LogP contribution is 2.45. The number of thioether (sulfide) groups is 1. The number of anilines is 1. The minimum absolute atomic E-state index is 0.0225. The first kappa shape index (κ1) is 13.7. The summed E-state index contributed by atoms with van der Waals surface area (Å²) in [5.41, 5.74) is 1.33. The molecule has 0 bridgehead atoms. The maximum absolute atomic E-state index is 12.4. The molecule has 1 aliphatic rings. The molecule has 0 fully saturated rings. The zero-order valence-electron chi connectivity index (χ0n) is 11.2. The monoisotopic (exact) mass is 273 g/mol. The van der Waals surface area contributed by atoms with Crippen LogP contribution in [0.25, 0.3) is 0 Å². The van der Waals surface area contributed by atoms with Gasteiger partial charge >= 0.3 is 0 Å². The summed E-state index contributed by atoms with van der Waals surface area (Å²) in [6.07, 6.45) is 5.35. The summed E-state index contributed by atoms with van der Waals surface area (Å²) < 4.78 is -0.540. The van der Waals surface area contributed by atoms with Crippen molar-refractivity contribution >= 4 is 29.1 Å². The second-order valence-electron chi connectivity index (χ2n) is 4.95. The second kappa shape index (κ2) is 4.75. The third kappa shape index (κ3) is 2.39. The molecule has 0 saturated carbocycles. The number of fused-ring (bicyclic) bond motifs is 1. The SMILES string of the molecule is C#CCN1C(=O)C(C)(C)Sc2ccc(C(C)=O)cc21. The van der Waals surface area contributed by atoms with Crippen molar-refractivity contribution < 1.29 is 9.59 Å². The van der Waals surface area contributed by atoms with Gasteiger partial charge < -0.3 is 0 Å². The third-order valence-corrected chi connectivity index (χ3v) is 4.28. The molecule has 4 heteroatoms. The topological polar surface area (TPSA) is 37.4 Å². The first-order valence-corrected chi connectivity index (χ1v) is 6.78. The number of ketones is 1. The van der Waals surface area contributed by atoms with Gasteiger partial charge in [0.05, 0.1) is 17.0 Å². The summed E-state index contributed by atoms with van der Waals surface area (Å²) in [7, 11) is 0. The second-order valence-corrected chi connectivity index (χ2v) is 6.61. The Balaban J connectivity index is 2.57. The minimum Gasteiger partial charge on any atom is -0.298 e. The van der Waals surface area contributed by atoms with Crippen LogP contribution in [0, 0.1) is 12.3 Å². The Morgan fingerprint density at radius 3 is 2.74 bits per heavy atom. The number of hydrogen-bond donors (Lipinski definition) is 0. The first-order valence-electron chi connectivity index (χ1n) is 5.96. The van der Waals surface area contributed by atoms with E-state index in [9.17, 15) is 9.59 Å². The van der Waals surface area contributed by atoms with Gasteiger partial charge in [0.25, 0.3) is 0 Å². The van der Waals surface area contributed by atoms with E-state index in [4.69, 9.17) is 6.42 Å². The summed E-state index contributed by atoms with van der Waals surface area (Å²) in [6.45, 7) is 5.49. The molecule has 19 heavy (non-hydrogen) atoms. The van der Waals surface area contributed by atoms with Gasteiger partial charge in [0, 0.05) is 10.5 Å². The van der Waals surface area contributed by atoms with Gasteiger partial charge in [-0.25, -0.2) is 0 Å². The van der Waals surface area contributed by atoms with Crippen LogP contribution in [0.15, 0.2) is 23.1 Å². The summed E-state index contributed by atoms with van der Waals surface area (Å²) in [6, 6.07) is 5.41. The van der Waals surface area contributed by atoms with Crippen LogP contribution in [0.2, 0.25) is 0 Å². The molecule has 0 unspecified atom stereocenters. The largest absolute Gasteiger partial charge is 0.298 e. The number of carbonyl (C=O) groups excluding carboxylic acids is 2. The predicted octanol–water partition coefficient (Wildman–Crippen LogP) is 2.74. The normalized spacial score (nSPS) is 16.7. The van der Waals surface area contributed by atoms with Crippen LogP contribution in [0.4, 0.5) is 5.69 Å². The Morgan fingerprint density at radius 1 is 1.47 bits per heavy atom. The van der Waals surface area contributed by atoms with E-state index in [0.29, 0.717) is 5.56 Å². The maximum atomic E-state index is 12.4. The Hall–Kier alpha value is -1.73. The van der Waals surface area contributed by atoms with Gasteiger partial charge in [0.1, 0.15) is 0 Å². The lowest BCUT2D eigenvalue weighted by atomic mass is 10.1. The van der Waals surface area contributed by atoms with E-state index in [0.717, 1.165) is 10.6 Å². The van der Waals surface area contributed by atoms with Crippen molar-refractivity contribution in [3.63, 3.8) is 0 Å². The fourth-order valence-corrected chi connectivity index (χ4v) is 3.19. The lowest BCUT2D eigenvalue weighted by Crippen LogP contribution is -2.46. The molecular weight excluding hydrogens is 258 g/mol. The molecule has 1 aromatic rings. The molecule has 1 amide bonds. The predicted molar refractivity (Wildman–Crippen MR) is 77.6 cm³/mol. The number of carbonyl (C=O) groups is 2. The number of terminal acetylenes is 1. The minimum atomic E-state index is -0.540. The molecule has 0 aromatic heterocycles. The van der Waals surface area contributed by atoms with Crippen LogP contribution < -0.4 is 4.90 Å². The molecule has 98 valence electrons. The van der Waals surface area contributed by atoms with E-state index in [1.165, 1.54) is 18.7 Å². The molecule has 1 aliphatic heterocycles. The zero-order chi connectivity index (χ0) is 14.2. The van der Waals surface area contributed by atoms with E-state index in [1.54, 1.807) is 17.0 Å². The smallest absolute Gasteiger partial charge is 0.243 e. The van der Waals surface area contributed by atoms with Crippen molar-refractivity contribution in [2.75, 3.05) is 11.4 Å². The third-order valence-electron chi connectivity index (χ3n) is 3.03. The lowest BCUT2D eigenvalue weighted by molar-refractivity contribution is -0.120. The summed E-state index contributed by atoms with van der Waals surface area (Å²) >= 11 is 1.50. The molecule has 0 radical (unpaired) electrons. The quantitative estimate of drug-likeness (QED) is 0.614. The van der Waals surface area contributed by atoms with E-state index >= 15 is 0 Å². The van der Waals surface area contributed by atoms with Crippen molar-refractivity contribution in [2.24, 2.45) is 0 Å². The Kier molecular flexibility index (Phi) is 3.42. The van der Waals surface area contributed by atoms with Crippen molar-refractivity contribution in [1.82, 2.24) is 0 Å². The van der Waals surface area contributed by atoms with Crippen molar-refractivity contribution in [2.45, 2.75) is 30.4 Å². The number of nitrogens with zero attached hydrogens (tertiary/aromatic N) is 1. The van der Waals surface area contributed by atoms with Gasteiger partial charge in [-0.05, 0) is 32.9 Å². The highest BCUT2D eigenvalue weighted by molar-refractivity contribution is 8.01. The van der Waals surface area contributed by atoms with Crippen LogP contribution in [-0.4, -0.2) is 23.0 Å². The van der Waals surface area contributed by atoms with Crippen LogP contribution in [-0.2, 0) is 4.79 Å². The molecule has 1 heterocycles. The number of hydrogen-bond acceptors (Lipinski definition) is 3. The molecule has 0 aliphatic carbocycles. The van der Waals surface area contributed by atoms with Crippen LogP contribution in [0.3, 0.4) is 0 Å². The van der Waals surface area contributed by atoms with Gasteiger partial charge in [0.15, 0.2) is 5.78 Å². The summed E-state index contributed by atoms with van der Waals surface area (Å²) in [5.74, 6) is 2.46. The highest BCUT2D eigenvalue weighted by atomic mass is 32.2. The van der Waals surface area contributed by atoms with Crippen LogP contribution in [0.5, 0.6) is 0 Å². The zero-order valence-corrected chi connectivity index (χ0v) is 12.0. The average Bonchev–Trinajstić information content (AvgIpc) is 2.34. The summed E-state index contributed by atoms with van der Waals surface area (Å²) in [5, 5.41) is 0. The van der Waals surface area contributed by atoms with Crippen molar-refractivity contribution in [1.29, 1.82) is 0 Å². The van der Waals surface area contributed by atoms with Gasteiger partial charge in [0.2, 0.25) is 5.91 Å². The van der Waals surface area contributed by atoms with Crippen LogP contribution >= 0.6 is 11.8 Å². The lowest BCUT2D eigenvalue weighted by Gasteiger charge is -2.37. The van der Waals surface area contributed by atoms with E-state index in [1.807, 2.05) is 19.9 Å². The fourth-order valence-electron chi connectivity index (χ4n) is 2.03. The van der Waals surface area contributed by atoms with Crippen LogP contribution in [0.1, 0.15) is 31.1 Å². The number of amides is 1. The summed E-state index contributed by atoms with van der Waals surface area (Å²) in [4.78, 5) is 26.4. The van der Waals surface area contributed by atoms with Gasteiger partial charge in [-0.15, -0.1) is 18.2 Å². The molecule has 0 saturated heterocycles. The maximum Gasteiger partial charge on any atom is 0.243 e. The Morgan fingerprint density at radius 2 is 2.16 bits per heavy atom. The van der Waals surface area contributed by atoms with Gasteiger partial charge in [-0.1, -0.05) is 12.0 Å². The van der Waals surface area contributed by atoms with E-state index in [2.05, 4.69) is 5.92 Å². The van der Waals surface area contributed by atoms with Gasteiger partial charge in [-0.3, -0.25) is 14.5 Å². The van der Waals surface area contributed by atoms with Gasteiger partial charge in [-0.2, -0.15) is 0 Å². The first-order chi connectivity index (χ1) is 8.86. The Bertz CT molecular complexity index is 599. The molecule has 1 aromatic carbocycles. The molecule has 2 rings (SSSR count). The molecular formula is C15H15NO2S. The number of Topliss-reactive ketones (excluding diaryl/α,β-unsaturated/α-hetero) is 1. The molecule has 0 spiro atoms. The number of rotatable bonds is 2. The average molecular weight is 273 g/mol. The molecule has 0 N–H and O–H groups in total.